The van der Waals surface area contributed by atoms with Gasteiger partial charge in [0.25, 0.3) is 10.0 Å². The van der Waals surface area contributed by atoms with Gasteiger partial charge in [-0.2, -0.15) is 0 Å². The maximum absolute atomic E-state index is 13.4. The number of hydrogen-bond donors (Lipinski definition) is 2. The monoisotopic (exact) mass is 560 g/mol. The van der Waals surface area contributed by atoms with E-state index >= 15 is 0 Å². The lowest BCUT2D eigenvalue weighted by molar-refractivity contribution is 0.111. The Hall–Kier alpha value is -1.68. The molecule has 1 atom stereocenters. The van der Waals surface area contributed by atoms with Gasteiger partial charge in [-0.1, -0.05) is 46.6 Å². The number of ether oxygens (including phenoxy) is 1. The van der Waals surface area contributed by atoms with Crippen molar-refractivity contribution in [1.82, 2.24) is 5.32 Å². The smallest absolute Gasteiger partial charge is 0.263 e. The molecular formula is C23H20Cl3FN2O3S2. The Labute approximate surface area is 217 Å². The van der Waals surface area contributed by atoms with Gasteiger partial charge in [-0.05, 0) is 62.0 Å². The van der Waals surface area contributed by atoms with Gasteiger partial charge in [0.2, 0.25) is 0 Å². The molecule has 0 aromatic heterocycles. The zero-order valence-electron chi connectivity index (χ0n) is 17.9. The maximum Gasteiger partial charge on any atom is 0.263 e. The van der Waals surface area contributed by atoms with Crippen LogP contribution < -0.4 is 14.8 Å². The normalized spacial score (nSPS) is 18.1. The third kappa shape index (κ3) is 5.93. The minimum absolute atomic E-state index is 0.00370. The summed E-state index contributed by atoms with van der Waals surface area (Å²) in [6.07, 6.45) is 0.809. The number of rotatable bonds is 7. The van der Waals surface area contributed by atoms with Crippen molar-refractivity contribution in [3.63, 3.8) is 0 Å². The second-order valence-electron chi connectivity index (χ2n) is 8.00. The van der Waals surface area contributed by atoms with E-state index in [-0.39, 0.29) is 14.9 Å². The zero-order chi connectivity index (χ0) is 24.5. The second kappa shape index (κ2) is 10.1. The Bertz CT molecular complexity index is 1330. The van der Waals surface area contributed by atoms with Gasteiger partial charge in [0.15, 0.2) is 0 Å². The first-order chi connectivity index (χ1) is 16.0. The van der Waals surface area contributed by atoms with Crippen LogP contribution in [0.5, 0.6) is 5.75 Å². The van der Waals surface area contributed by atoms with Crippen LogP contribution in [-0.2, 0) is 10.0 Å². The van der Waals surface area contributed by atoms with Crippen LogP contribution >= 0.6 is 46.6 Å². The molecule has 1 aliphatic rings. The van der Waals surface area contributed by atoms with Crippen LogP contribution in [0.3, 0.4) is 0 Å². The van der Waals surface area contributed by atoms with Crippen LogP contribution in [0.2, 0.25) is 15.1 Å². The summed E-state index contributed by atoms with van der Waals surface area (Å²) in [7, 11) is -3.99. The predicted molar refractivity (Wildman–Crippen MR) is 136 cm³/mol. The Kier molecular flexibility index (Phi) is 7.57. The lowest BCUT2D eigenvalue weighted by atomic mass is 10.1. The van der Waals surface area contributed by atoms with Gasteiger partial charge in [-0.3, -0.25) is 4.72 Å². The fourth-order valence-corrected chi connectivity index (χ4v) is 6.40. The summed E-state index contributed by atoms with van der Waals surface area (Å²) in [6, 6.07) is 13.6. The van der Waals surface area contributed by atoms with Gasteiger partial charge in [0.1, 0.15) is 22.1 Å². The first-order valence-corrected chi connectivity index (χ1v) is 13.6. The highest BCUT2D eigenvalue weighted by Crippen LogP contribution is 2.36. The Morgan fingerprint density at radius 3 is 2.35 bits per heavy atom. The summed E-state index contributed by atoms with van der Waals surface area (Å²) >= 11 is 19.7. The number of hydrogen-bond acceptors (Lipinski definition) is 5. The van der Waals surface area contributed by atoms with Crippen molar-refractivity contribution >= 4 is 62.3 Å². The van der Waals surface area contributed by atoms with E-state index in [0.717, 1.165) is 13.0 Å². The highest BCUT2D eigenvalue weighted by atomic mass is 35.5. The molecule has 0 radical (unpaired) electrons. The van der Waals surface area contributed by atoms with Crippen LogP contribution in [0.4, 0.5) is 10.1 Å². The number of halogens is 4. The molecule has 1 aliphatic heterocycles. The molecule has 4 rings (SSSR count). The van der Waals surface area contributed by atoms with Gasteiger partial charge in [-0.25, -0.2) is 12.8 Å². The van der Waals surface area contributed by atoms with Gasteiger partial charge in [0, 0.05) is 28.8 Å². The van der Waals surface area contributed by atoms with Gasteiger partial charge in [-0.15, -0.1) is 0 Å². The lowest BCUT2D eigenvalue weighted by Crippen LogP contribution is -2.34. The fourth-order valence-electron chi connectivity index (χ4n) is 3.44. The van der Waals surface area contributed by atoms with Gasteiger partial charge >= 0.3 is 0 Å². The summed E-state index contributed by atoms with van der Waals surface area (Å²) in [5.74, 6) is -0.120. The van der Waals surface area contributed by atoms with Crippen LogP contribution in [0.1, 0.15) is 13.3 Å². The zero-order valence-corrected chi connectivity index (χ0v) is 21.8. The molecule has 1 saturated heterocycles. The minimum Gasteiger partial charge on any atom is -0.485 e. The van der Waals surface area contributed by atoms with Crippen LogP contribution in [-0.4, -0.2) is 27.1 Å². The molecule has 0 saturated carbocycles. The van der Waals surface area contributed by atoms with E-state index in [2.05, 4.69) is 10.0 Å². The third-order valence-corrected chi connectivity index (χ3v) is 8.63. The molecule has 5 nitrogen and oxygen atoms in total. The molecular weight excluding hydrogens is 542 g/mol. The number of sulfonamides is 1. The maximum atomic E-state index is 13.4. The van der Waals surface area contributed by atoms with Crippen molar-refractivity contribution in [2.45, 2.75) is 33.6 Å². The van der Waals surface area contributed by atoms with Crippen molar-refractivity contribution in [2.75, 3.05) is 17.8 Å². The SMILES string of the molecule is C[C@@]1(Oc2cc(NS(=O)(=O)c3ccc(Sc4ccc(F)c(Cl)c4)cc3Cl)ccc2Cl)CCNC1. The average Bonchev–Trinajstić information content (AvgIpc) is 3.19. The molecule has 3 aromatic rings. The van der Waals surface area contributed by atoms with E-state index in [1.54, 1.807) is 30.3 Å². The number of anilines is 1. The second-order valence-corrected chi connectivity index (χ2v) is 12.0. The van der Waals surface area contributed by atoms with Crippen molar-refractivity contribution in [3.05, 3.63) is 75.5 Å². The van der Waals surface area contributed by atoms with E-state index < -0.39 is 21.4 Å². The highest BCUT2D eigenvalue weighted by Gasteiger charge is 2.31. The molecule has 1 heterocycles. The lowest BCUT2D eigenvalue weighted by Gasteiger charge is -2.25. The number of nitrogens with one attached hydrogen (secondary N) is 2. The third-order valence-electron chi connectivity index (χ3n) is 5.19. The Morgan fingerprint density at radius 2 is 1.71 bits per heavy atom. The molecule has 1 fully saturated rings. The quantitative estimate of drug-likeness (QED) is 0.330. The largest absolute Gasteiger partial charge is 0.485 e. The predicted octanol–water partition coefficient (Wildman–Crippen LogP) is 6.87. The van der Waals surface area contributed by atoms with E-state index in [9.17, 15) is 12.8 Å². The van der Waals surface area contributed by atoms with Gasteiger partial charge < -0.3 is 10.1 Å². The van der Waals surface area contributed by atoms with Crippen LogP contribution in [0.15, 0.2) is 69.3 Å². The summed E-state index contributed by atoms with van der Waals surface area (Å²) < 4.78 is 48.0. The molecule has 3 aromatic carbocycles. The van der Waals surface area contributed by atoms with Gasteiger partial charge in [0.05, 0.1) is 20.8 Å². The fraction of sp³-hybridized carbons (Fsp3) is 0.217. The van der Waals surface area contributed by atoms with E-state index in [4.69, 9.17) is 39.5 Å². The summed E-state index contributed by atoms with van der Waals surface area (Å²) in [6.45, 7) is 3.48. The molecule has 2 N–H and O–H groups in total. The Morgan fingerprint density at radius 1 is 1.00 bits per heavy atom. The van der Waals surface area contributed by atoms with E-state index in [0.29, 0.717) is 32.8 Å². The van der Waals surface area contributed by atoms with Crippen LogP contribution in [0.25, 0.3) is 0 Å². The molecule has 34 heavy (non-hydrogen) atoms. The molecule has 0 unspecified atom stereocenters. The summed E-state index contributed by atoms with van der Waals surface area (Å²) in [4.78, 5) is 1.28. The average molecular weight is 562 g/mol. The molecule has 0 bridgehead atoms. The van der Waals surface area contributed by atoms with Crippen LogP contribution in [0, 0.1) is 5.82 Å². The number of benzene rings is 3. The molecule has 0 amide bonds. The summed E-state index contributed by atoms with van der Waals surface area (Å²) in [5.41, 5.74) is -0.128. The first kappa shape index (κ1) is 25.4. The molecule has 0 spiro atoms. The van der Waals surface area contributed by atoms with Crippen molar-refractivity contribution < 1.29 is 17.5 Å². The molecule has 11 heteroatoms. The Balaban J connectivity index is 1.53. The highest BCUT2D eigenvalue weighted by molar-refractivity contribution is 7.99. The van der Waals surface area contributed by atoms with E-state index in [1.165, 1.54) is 36.0 Å². The minimum atomic E-state index is -3.99. The van der Waals surface area contributed by atoms with Crippen molar-refractivity contribution in [3.8, 4) is 5.75 Å². The van der Waals surface area contributed by atoms with Crippen molar-refractivity contribution in [1.29, 1.82) is 0 Å². The molecule has 180 valence electrons. The summed E-state index contributed by atoms with van der Waals surface area (Å²) in [5, 5.41) is 3.67. The van der Waals surface area contributed by atoms with Crippen molar-refractivity contribution in [2.24, 2.45) is 0 Å². The first-order valence-electron chi connectivity index (χ1n) is 10.2. The standard InChI is InChI=1S/C23H20Cl3FN2O3S2/c1-23(8-9-28-13-23)32-21-10-14(2-5-17(21)24)29-34(30,31)22-7-4-16(12-19(22)26)33-15-3-6-20(27)18(25)11-15/h2-7,10-12,28-29H,8-9,13H2,1H3/t23-/m1/s1. The topological polar surface area (TPSA) is 67.4 Å². The van der Waals surface area contributed by atoms with E-state index in [1.807, 2.05) is 6.92 Å². The molecule has 0 aliphatic carbocycles.